The fraction of sp³-hybridized carbons (Fsp3) is 0.800. The van der Waals surface area contributed by atoms with Gasteiger partial charge in [0, 0.05) is 5.57 Å². The number of carbonyl (C=O) groups is 2. The second-order valence-corrected chi connectivity index (χ2v) is 12.2. The van der Waals surface area contributed by atoms with Gasteiger partial charge in [0.2, 0.25) is 0 Å². The maximum atomic E-state index is 11.3. The van der Waals surface area contributed by atoms with Gasteiger partial charge in [-0.15, -0.1) is 0 Å². The number of esters is 1. The van der Waals surface area contributed by atoms with Gasteiger partial charge in [-0.05, 0) is 132 Å². The monoisotopic (exact) mass is 470 g/mol. The summed E-state index contributed by atoms with van der Waals surface area (Å²) in [5, 5.41) is 0. The number of rotatable bonds is 7. The Bertz CT molecular complexity index is 770. The van der Waals surface area contributed by atoms with E-state index >= 15 is 0 Å². The number of hydrogen-bond acceptors (Lipinski definition) is 4. The summed E-state index contributed by atoms with van der Waals surface area (Å²) in [5.74, 6) is 6.24. The molecule has 0 aromatic carbocycles. The molecule has 4 nitrogen and oxygen atoms in total. The predicted octanol–water partition coefficient (Wildman–Crippen LogP) is 6.68. The molecule has 5 aliphatic carbocycles. The molecule has 5 rings (SSSR count). The molecule has 0 saturated heterocycles. The molecule has 34 heavy (non-hydrogen) atoms. The highest BCUT2D eigenvalue weighted by molar-refractivity contribution is 5.87. The standard InChI is InChI=1S/C19H30O2.C11H16O2/c1-13(20)3-4-14(2)21-12-16-6-8-18-10-15-5-7-17(9-15)19(18)11-16;1-7(2)11(12)13-10-6-8-3-4-9(10)5-8/h3-4,14-19H,5-12H2,1-2H3;8-10H,1,3-6H2,2H3/b4-3-;. The van der Waals surface area contributed by atoms with E-state index in [1.807, 2.05) is 13.0 Å². The molecule has 4 bridgehead atoms. The third-order valence-electron chi connectivity index (χ3n) is 9.46. The molecule has 0 radical (unpaired) electrons. The number of carbonyl (C=O) groups excluding carboxylic acids is 2. The van der Waals surface area contributed by atoms with Crippen LogP contribution in [-0.4, -0.2) is 30.6 Å². The second-order valence-electron chi connectivity index (χ2n) is 12.2. The van der Waals surface area contributed by atoms with Gasteiger partial charge in [-0.2, -0.15) is 0 Å². The minimum Gasteiger partial charge on any atom is -0.459 e. The zero-order chi connectivity index (χ0) is 24.2. The smallest absolute Gasteiger partial charge is 0.333 e. The Kier molecular flexibility index (Phi) is 8.71. The molecule has 0 heterocycles. The lowest BCUT2D eigenvalue weighted by Crippen LogP contribution is -2.35. The van der Waals surface area contributed by atoms with Crippen molar-refractivity contribution >= 4 is 11.8 Å². The summed E-state index contributed by atoms with van der Waals surface area (Å²) >= 11 is 0. The van der Waals surface area contributed by atoms with Gasteiger partial charge < -0.3 is 9.47 Å². The first kappa shape index (κ1) is 25.7. The molecule has 5 fully saturated rings. The summed E-state index contributed by atoms with van der Waals surface area (Å²) < 4.78 is 11.3. The molecular weight excluding hydrogens is 424 g/mol. The van der Waals surface area contributed by atoms with E-state index in [1.54, 1.807) is 19.9 Å². The molecule has 9 unspecified atom stereocenters. The van der Waals surface area contributed by atoms with Gasteiger partial charge in [0.1, 0.15) is 6.10 Å². The fourth-order valence-electron chi connectivity index (χ4n) is 7.71. The second kappa shape index (κ2) is 11.5. The van der Waals surface area contributed by atoms with E-state index in [0.29, 0.717) is 11.5 Å². The molecule has 0 spiro atoms. The average molecular weight is 471 g/mol. The van der Waals surface area contributed by atoms with Crippen LogP contribution >= 0.6 is 0 Å². The first-order chi connectivity index (χ1) is 16.3. The molecule has 0 N–H and O–H groups in total. The van der Waals surface area contributed by atoms with Gasteiger partial charge in [-0.25, -0.2) is 4.79 Å². The van der Waals surface area contributed by atoms with Gasteiger partial charge in [-0.3, -0.25) is 4.79 Å². The van der Waals surface area contributed by atoms with E-state index in [0.717, 1.165) is 48.5 Å². The molecule has 0 aromatic rings. The maximum Gasteiger partial charge on any atom is 0.333 e. The van der Waals surface area contributed by atoms with E-state index < -0.39 is 0 Å². The summed E-state index contributed by atoms with van der Waals surface area (Å²) in [4.78, 5) is 22.2. The van der Waals surface area contributed by atoms with E-state index in [-0.39, 0.29) is 24.0 Å². The number of fused-ring (bicyclic) bond motifs is 6. The van der Waals surface area contributed by atoms with E-state index in [1.165, 1.54) is 64.2 Å². The minimum absolute atomic E-state index is 0.0637. The zero-order valence-corrected chi connectivity index (χ0v) is 21.7. The molecule has 4 heteroatoms. The van der Waals surface area contributed by atoms with Crippen LogP contribution in [0.3, 0.4) is 0 Å². The van der Waals surface area contributed by atoms with E-state index in [9.17, 15) is 9.59 Å². The number of ketones is 1. The summed E-state index contributed by atoms with van der Waals surface area (Å²) in [6, 6.07) is 0. The van der Waals surface area contributed by atoms with E-state index in [2.05, 4.69) is 6.58 Å². The van der Waals surface area contributed by atoms with Crippen molar-refractivity contribution in [3.05, 3.63) is 24.3 Å². The molecule has 5 saturated carbocycles. The third-order valence-corrected chi connectivity index (χ3v) is 9.46. The maximum absolute atomic E-state index is 11.3. The van der Waals surface area contributed by atoms with Crippen LogP contribution in [0.5, 0.6) is 0 Å². The highest BCUT2D eigenvalue weighted by Crippen LogP contribution is 2.54. The van der Waals surface area contributed by atoms with Crippen LogP contribution in [0, 0.1) is 41.4 Å². The van der Waals surface area contributed by atoms with Gasteiger partial charge >= 0.3 is 5.97 Å². The van der Waals surface area contributed by atoms with Crippen LogP contribution in [-0.2, 0) is 19.1 Å². The van der Waals surface area contributed by atoms with E-state index in [4.69, 9.17) is 9.47 Å². The summed E-state index contributed by atoms with van der Waals surface area (Å²) in [5.41, 5.74) is 0.516. The lowest BCUT2D eigenvalue weighted by atomic mass is 9.63. The van der Waals surface area contributed by atoms with Crippen molar-refractivity contribution in [1.82, 2.24) is 0 Å². The van der Waals surface area contributed by atoms with Crippen LogP contribution in [0.15, 0.2) is 24.3 Å². The van der Waals surface area contributed by atoms with Gasteiger partial charge in [0.15, 0.2) is 5.78 Å². The molecule has 0 aliphatic heterocycles. The first-order valence-corrected chi connectivity index (χ1v) is 13.9. The van der Waals surface area contributed by atoms with Crippen LogP contribution < -0.4 is 0 Å². The Morgan fingerprint density at radius 2 is 1.50 bits per heavy atom. The normalized spacial score (nSPS) is 38.7. The molecule has 190 valence electrons. The highest BCUT2D eigenvalue weighted by atomic mass is 16.5. The van der Waals surface area contributed by atoms with Crippen molar-refractivity contribution in [2.45, 2.75) is 104 Å². The number of allylic oxidation sites excluding steroid dienone is 1. The Labute approximate surface area is 206 Å². The lowest BCUT2D eigenvalue weighted by Gasteiger charge is -2.43. The van der Waals surface area contributed by atoms with Crippen molar-refractivity contribution in [2.24, 2.45) is 41.4 Å². The quantitative estimate of drug-likeness (QED) is 0.307. The minimum atomic E-state index is -0.211. The van der Waals surface area contributed by atoms with Crippen molar-refractivity contribution in [2.75, 3.05) is 6.61 Å². The SMILES string of the molecule is C=C(C)C(=O)OC1CC2CCC1C2.CC(=O)/C=C\C(C)OCC1CCC2CC3CCC(C3)C2C1. The van der Waals surface area contributed by atoms with Crippen molar-refractivity contribution < 1.29 is 19.1 Å². The van der Waals surface area contributed by atoms with Gasteiger partial charge in [-0.1, -0.05) is 19.1 Å². The van der Waals surface area contributed by atoms with Crippen molar-refractivity contribution in [1.29, 1.82) is 0 Å². The number of ether oxygens (including phenoxy) is 2. The number of hydrogen-bond donors (Lipinski definition) is 0. The Morgan fingerprint density at radius 1 is 0.882 bits per heavy atom. The zero-order valence-electron chi connectivity index (χ0n) is 21.7. The summed E-state index contributed by atoms with van der Waals surface area (Å²) in [6.07, 6.45) is 18.9. The topological polar surface area (TPSA) is 52.6 Å². The largest absolute Gasteiger partial charge is 0.459 e. The third kappa shape index (κ3) is 6.62. The first-order valence-electron chi connectivity index (χ1n) is 13.9. The molecule has 0 aromatic heterocycles. The van der Waals surface area contributed by atoms with Gasteiger partial charge in [0.25, 0.3) is 0 Å². The molecule has 0 amide bonds. The van der Waals surface area contributed by atoms with Crippen molar-refractivity contribution in [3.8, 4) is 0 Å². The highest BCUT2D eigenvalue weighted by Gasteiger charge is 2.44. The molecular formula is C30H46O4. The fourth-order valence-corrected chi connectivity index (χ4v) is 7.71. The summed E-state index contributed by atoms with van der Waals surface area (Å²) in [6.45, 7) is 9.79. The average Bonchev–Trinajstić information content (AvgIpc) is 3.53. The Balaban J connectivity index is 0.000000180. The van der Waals surface area contributed by atoms with Crippen LogP contribution in [0.25, 0.3) is 0 Å². The van der Waals surface area contributed by atoms with Gasteiger partial charge in [0.05, 0.1) is 12.7 Å². The molecule has 5 aliphatic rings. The van der Waals surface area contributed by atoms with Crippen molar-refractivity contribution in [3.63, 3.8) is 0 Å². The summed E-state index contributed by atoms with van der Waals surface area (Å²) in [7, 11) is 0. The Hall–Kier alpha value is -1.42. The predicted molar refractivity (Wildman–Crippen MR) is 135 cm³/mol. The van der Waals surface area contributed by atoms with Crippen LogP contribution in [0.4, 0.5) is 0 Å². The lowest BCUT2D eigenvalue weighted by molar-refractivity contribution is -0.146. The van der Waals surface area contributed by atoms with Crippen LogP contribution in [0.1, 0.15) is 91.4 Å². The Morgan fingerprint density at radius 3 is 2.09 bits per heavy atom. The molecule has 9 atom stereocenters. The van der Waals surface area contributed by atoms with Crippen LogP contribution in [0.2, 0.25) is 0 Å².